The van der Waals surface area contributed by atoms with Gasteiger partial charge in [0.05, 0.1) is 11.6 Å². The normalized spacial score (nSPS) is 36.1. The van der Waals surface area contributed by atoms with Gasteiger partial charge in [-0.15, -0.1) is 11.3 Å². The van der Waals surface area contributed by atoms with Crippen LogP contribution in [-0.4, -0.2) is 36.1 Å². The van der Waals surface area contributed by atoms with Crippen molar-refractivity contribution in [1.29, 1.82) is 0 Å². The highest BCUT2D eigenvalue weighted by Crippen LogP contribution is 2.30. The van der Waals surface area contributed by atoms with E-state index < -0.39 is 0 Å². The molecule has 2 aliphatic heterocycles. The topological polar surface area (TPSA) is 28.2 Å². The van der Waals surface area contributed by atoms with Gasteiger partial charge in [-0.1, -0.05) is 0 Å². The number of nitrogens with zero attached hydrogens (tertiary/aromatic N) is 2. The number of thiazole rings is 1. The van der Waals surface area contributed by atoms with Gasteiger partial charge >= 0.3 is 0 Å². The molecule has 0 spiro atoms. The fourth-order valence-electron chi connectivity index (χ4n) is 2.77. The van der Waals surface area contributed by atoms with Gasteiger partial charge in [-0.25, -0.2) is 0 Å². The Morgan fingerprint density at radius 2 is 2.47 bits per heavy atom. The minimum atomic E-state index is 0.572. The number of hydrogen-bond donors (Lipinski definition) is 1. The quantitative estimate of drug-likeness (QED) is 0.782. The summed E-state index contributed by atoms with van der Waals surface area (Å²) in [5.41, 5.74) is 1.95. The summed E-state index contributed by atoms with van der Waals surface area (Å²) in [6.45, 7) is 4.83. The summed E-state index contributed by atoms with van der Waals surface area (Å²) < 4.78 is 0. The molecule has 3 heterocycles. The molecule has 15 heavy (non-hydrogen) atoms. The van der Waals surface area contributed by atoms with Crippen molar-refractivity contribution < 1.29 is 0 Å². The van der Waals surface area contributed by atoms with Crippen LogP contribution in [-0.2, 0) is 0 Å². The molecule has 3 atom stereocenters. The van der Waals surface area contributed by atoms with Crippen LogP contribution in [0, 0.1) is 5.92 Å². The first kappa shape index (κ1) is 9.75. The van der Waals surface area contributed by atoms with E-state index in [9.17, 15) is 0 Å². The van der Waals surface area contributed by atoms with Gasteiger partial charge in [0.15, 0.2) is 0 Å². The van der Waals surface area contributed by atoms with Gasteiger partial charge in [0.1, 0.15) is 0 Å². The molecular weight excluding hydrogens is 206 g/mol. The van der Waals surface area contributed by atoms with Crippen LogP contribution >= 0.6 is 11.3 Å². The molecule has 3 unspecified atom stereocenters. The van der Waals surface area contributed by atoms with E-state index in [0.717, 1.165) is 12.5 Å². The maximum atomic E-state index is 4.20. The molecule has 2 bridgehead atoms. The van der Waals surface area contributed by atoms with Gasteiger partial charge in [0.2, 0.25) is 0 Å². The zero-order chi connectivity index (χ0) is 10.1. The highest BCUT2D eigenvalue weighted by Gasteiger charge is 2.30. The number of fused-ring (bicyclic) bond motifs is 2. The molecule has 2 saturated heterocycles. The summed E-state index contributed by atoms with van der Waals surface area (Å²) in [5.74, 6) is 0.872. The van der Waals surface area contributed by atoms with Crippen molar-refractivity contribution in [1.82, 2.24) is 15.2 Å². The molecule has 2 fully saturated rings. The van der Waals surface area contributed by atoms with E-state index in [1.54, 1.807) is 11.3 Å². The molecule has 0 amide bonds. The van der Waals surface area contributed by atoms with E-state index >= 15 is 0 Å². The van der Waals surface area contributed by atoms with Crippen molar-refractivity contribution in [3.05, 3.63) is 16.6 Å². The van der Waals surface area contributed by atoms with Crippen molar-refractivity contribution in [2.24, 2.45) is 5.92 Å². The maximum absolute atomic E-state index is 4.20. The van der Waals surface area contributed by atoms with Gasteiger partial charge in [-0.2, -0.15) is 0 Å². The fraction of sp³-hybridized carbons (Fsp3) is 0.727. The average Bonchev–Trinajstić information content (AvgIpc) is 2.74. The summed E-state index contributed by atoms with van der Waals surface area (Å²) in [7, 11) is 0. The van der Waals surface area contributed by atoms with Crippen molar-refractivity contribution in [2.45, 2.75) is 18.9 Å². The van der Waals surface area contributed by atoms with Crippen LogP contribution in [0.5, 0.6) is 0 Å². The van der Waals surface area contributed by atoms with Gasteiger partial charge < -0.3 is 5.32 Å². The number of nitrogens with one attached hydrogen (secondary N) is 1. The molecule has 1 aromatic rings. The zero-order valence-corrected chi connectivity index (χ0v) is 9.67. The number of hydrogen-bond acceptors (Lipinski definition) is 4. The highest BCUT2D eigenvalue weighted by molar-refractivity contribution is 7.09. The molecule has 0 saturated carbocycles. The molecule has 3 nitrogen and oxygen atoms in total. The fourth-order valence-corrected chi connectivity index (χ4v) is 3.53. The third-order valence-electron chi connectivity index (χ3n) is 3.54. The van der Waals surface area contributed by atoms with Crippen LogP contribution in [0.4, 0.5) is 0 Å². The monoisotopic (exact) mass is 223 g/mol. The van der Waals surface area contributed by atoms with E-state index in [1.807, 2.05) is 11.7 Å². The molecule has 1 N–H and O–H groups in total. The summed E-state index contributed by atoms with van der Waals surface area (Å²) in [4.78, 5) is 8.26. The van der Waals surface area contributed by atoms with Crippen LogP contribution < -0.4 is 5.32 Å². The van der Waals surface area contributed by atoms with Crippen LogP contribution in [0.2, 0.25) is 0 Å². The first-order valence-electron chi connectivity index (χ1n) is 5.76. The molecule has 1 aromatic heterocycles. The lowest BCUT2D eigenvalue weighted by molar-refractivity contribution is 0.149. The molecule has 0 radical (unpaired) electrons. The minimum Gasteiger partial charge on any atom is -0.314 e. The lowest BCUT2D eigenvalue weighted by Gasteiger charge is -2.34. The molecule has 0 aromatic carbocycles. The third-order valence-corrected chi connectivity index (χ3v) is 4.42. The van der Waals surface area contributed by atoms with Crippen LogP contribution in [0.25, 0.3) is 0 Å². The van der Waals surface area contributed by atoms with Crippen molar-refractivity contribution in [2.75, 3.05) is 26.2 Å². The predicted octanol–water partition coefficient (Wildman–Crippen LogP) is 1.50. The van der Waals surface area contributed by atoms with Crippen LogP contribution in [0.1, 0.15) is 23.8 Å². The van der Waals surface area contributed by atoms with Gasteiger partial charge in [-0.3, -0.25) is 9.88 Å². The molecule has 3 rings (SSSR count). The number of aromatic nitrogens is 1. The van der Waals surface area contributed by atoms with E-state index in [-0.39, 0.29) is 0 Å². The van der Waals surface area contributed by atoms with Crippen molar-refractivity contribution in [3.63, 3.8) is 0 Å². The third kappa shape index (κ3) is 1.94. The Hall–Kier alpha value is -0.450. The first-order chi connectivity index (χ1) is 7.43. The van der Waals surface area contributed by atoms with E-state index in [0.29, 0.717) is 6.04 Å². The molecule has 82 valence electrons. The Balaban J connectivity index is 1.82. The Morgan fingerprint density at radius 1 is 1.47 bits per heavy atom. The number of rotatable bonds is 1. The molecular formula is C11H17N3S. The lowest BCUT2D eigenvalue weighted by Crippen LogP contribution is -2.37. The van der Waals surface area contributed by atoms with Crippen molar-refractivity contribution in [3.8, 4) is 0 Å². The minimum absolute atomic E-state index is 0.572. The SMILES string of the molecule is c1ncc(C2CNCC3CCCN2C3)s1. The van der Waals surface area contributed by atoms with Gasteiger partial charge in [0.25, 0.3) is 0 Å². The first-order valence-corrected chi connectivity index (χ1v) is 6.64. The second-order valence-corrected chi connectivity index (χ2v) is 5.50. The Bertz CT molecular complexity index is 312. The Labute approximate surface area is 94.5 Å². The summed E-state index contributed by atoms with van der Waals surface area (Å²) in [5, 5.41) is 3.59. The molecule has 0 aliphatic carbocycles. The summed E-state index contributed by atoms with van der Waals surface area (Å²) in [6.07, 6.45) is 4.80. The largest absolute Gasteiger partial charge is 0.314 e. The predicted molar refractivity (Wildman–Crippen MR) is 62.0 cm³/mol. The molecule has 4 heteroatoms. The highest BCUT2D eigenvalue weighted by atomic mass is 32.1. The second-order valence-electron chi connectivity index (χ2n) is 4.58. The van der Waals surface area contributed by atoms with E-state index in [1.165, 1.54) is 37.4 Å². The second kappa shape index (κ2) is 4.20. The molecule has 2 aliphatic rings. The Kier molecular flexibility index (Phi) is 2.73. The van der Waals surface area contributed by atoms with Crippen molar-refractivity contribution >= 4 is 11.3 Å². The lowest BCUT2D eigenvalue weighted by atomic mass is 9.98. The van der Waals surface area contributed by atoms with Gasteiger partial charge in [0, 0.05) is 24.2 Å². The summed E-state index contributed by atoms with van der Waals surface area (Å²) in [6, 6.07) is 0.572. The standard InChI is InChI=1S/C11H17N3S/c1-2-9-4-12-5-10(14(3-1)7-9)11-6-13-8-15-11/h6,8-10,12H,1-5,7H2. The van der Waals surface area contributed by atoms with E-state index in [2.05, 4.69) is 15.2 Å². The van der Waals surface area contributed by atoms with Gasteiger partial charge in [-0.05, 0) is 31.8 Å². The zero-order valence-electron chi connectivity index (χ0n) is 8.85. The average molecular weight is 223 g/mol. The maximum Gasteiger partial charge on any atom is 0.0794 e. The Morgan fingerprint density at radius 3 is 3.33 bits per heavy atom. The van der Waals surface area contributed by atoms with Crippen LogP contribution in [0.3, 0.4) is 0 Å². The smallest absolute Gasteiger partial charge is 0.0794 e. The van der Waals surface area contributed by atoms with Crippen LogP contribution in [0.15, 0.2) is 11.7 Å². The summed E-state index contributed by atoms with van der Waals surface area (Å²) >= 11 is 1.79. The van der Waals surface area contributed by atoms with E-state index in [4.69, 9.17) is 0 Å². The number of piperidine rings is 1.